The van der Waals surface area contributed by atoms with Crippen LogP contribution in [0.2, 0.25) is 0 Å². The molecule has 0 aromatic heterocycles. The normalized spacial score (nSPS) is 16.3. The van der Waals surface area contributed by atoms with E-state index < -0.39 is 0 Å². The number of rotatable bonds is 4. The SMILES string of the molecule is O=C(CO)N1CCCCC1.O=C(NCc1ccc(Br)cc1F)NC1CC1. The molecular weight excluding hydrogens is 405 g/mol. The Morgan fingerprint density at radius 1 is 1.23 bits per heavy atom. The van der Waals surface area contributed by atoms with E-state index in [-0.39, 0.29) is 30.9 Å². The van der Waals surface area contributed by atoms with Crippen LogP contribution in [0.5, 0.6) is 0 Å². The van der Waals surface area contributed by atoms with Crippen LogP contribution in [-0.4, -0.2) is 47.7 Å². The Labute approximate surface area is 161 Å². The topological polar surface area (TPSA) is 81.7 Å². The number of likely N-dealkylation sites (tertiary alicyclic amines) is 1. The minimum absolute atomic E-state index is 0.125. The van der Waals surface area contributed by atoms with Gasteiger partial charge in [0.25, 0.3) is 0 Å². The summed E-state index contributed by atoms with van der Waals surface area (Å²) in [4.78, 5) is 23.9. The van der Waals surface area contributed by atoms with E-state index in [0.717, 1.165) is 38.8 Å². The molecule has 26 heavy (non-hydrogen) atoms. The van der Waals surface area contributed by atoms with Crippen LogP contribution in [0.4, 0.5) is 9.18 Å². The number of aliphatic hydroxyl groups excluding tert-OH is 1. The van der Waals surface area contributed by atoms with Gasteiger partial charge in [-0.05, 0) is 44.2 Å². The number of urea groups is 1. The molecule has 2 fully saturated rings. The third-order valence-corrected chi connectivity index (χ3v) is 4.70. The van der Waals surface area contributed by atoms with Crippen molar-refractivity contribution in [3.05, 3.63) is 34.1 Å². The summed E-state index contributed by atoms with van der Waals surface area (Å²) in [7, 11) is 0. The molecule has 2 aliphatic rings. The number of nitrogens with one attached hydrogen (secondary N) is 2. The highest BCUT2D eigenvalue weighted by atomic mass is 79.9. The summed E-state index contributed by atoms with van der Waals surface area (Å²) in [5.74, 6) is -0.444. The number of halogens is 2. The lowest BCUT2D eigenvalue weighted by Gasteiger charge is -2.25. The molecule has 1 aliphatic carbocycles. The molecule has 1 heterocycles. The zero-order valence-corrected chi connectivity index (χ0v) is 16.2. The zero-order chi connectivity index (χ0) is 18.9. The maximum absolute atomic E-state index is 13.4. The van der Waals surface area contributed by atoms with Gasteiger partial charge in [-0.25, -0.2) is 9.18 Å². The molecule has 1 aliphatic heterocycles. The Morgan fingerprint density at radius 3 is 2.50 bits per heavy atom. The fourth-order valence-corrected chi connectivity index (χ4v) is 2.88. The Morgan fingerprint density at radius 2 is 1.92 bits per heavy atom. The molecular formula is C18H25BrFN3O3. The third-order valence-electron chi connectivity index (χ3n) is 4.21. The van der Waals surface area contributed by atoms with Crippen LogP contribution >= 0.6 is 15.9 Å². The van der Waals surface area contributed by atoms with Crippen molar-refractivity contribution in [2.24, 2.45) is 0 Å². The molecule has 0 unspecified atom stereocenters. The largest absolute Gasteiger partial charge is 0.387 e. The number of piperidine rings is 1. The van der Waals surface area contributed by atoms with E-state index in [1.54, 1.807) is 17.0 Å². The second-order valence-electron chi connectivity index (χ2n) is 6.44. The van der Waals surface area contributed by atoms with Crippen molar-refractivity contribution < 1.29 is 19.1 Å². The smallest absolute Gasteiger partial charge is 0.315 e. The summed E-state index contributed by atoms with van der Waals surface area (Å²) in [6, 6.07) is 4.87. The molecule has 1 saturated heterocycles. The molecule has 1 aromatic rings. The van der Waals surface area contributed by atoms with Crippen LogP contribution in [-0.2, 0) is 11.3 Å². The molecule has 8 heteroatoms. The van der Waals surface area contributed by atoms with Crippen LogP contribution in [0.1, 0.15) is 37.7 Å². The van der Waals surface area contributed by atoms with Crippen molar-refractivity contribution in [1.82, 2.24) is 15.5 Å². The zero-order valence-electron chi connectivity index (χ0n) is 14.6. The second-order valence-corrected chi connectivity index (χ2v) is 7.35. The molecule has 6 nitrogen and oxygen atoms in total. The van der Waals surface area contributed by atoms with Gasteiger partial charge in [0.15, 0.2) is 0 Å². The van der Waals surface area contributed by atoms with Crippen LogP contribution in [0.3, 0.4) is 0 Å². The van der Waals surface area contributed by atoms with Gasteiger partial charge in [-0.1, -0.05) is 22.0 Å². The fourth-order valence-electron chi connectivity index (χ4n) is 2.55. The highest BCUT2D eigenvalue weighted by Crippen LogP contribution is 2.18. The molecule has 0 bridgehead atoms. The number of aliphatic hydroxyl groups is 1. The number of carbonyl (C=O) groups excluding carboxylic acids is 2. The number of amides is 3. The molecule has 0 radical (unpaired) electrons. The summed E-state index contributed by atoms with van der Waals surface area (Å²) in [6.45, 7) is 1.54. The van der Waals surface area contributed by atoms with Gasteiger partial charge in [-0.15, -0.1) is 0 Å². The molecule has 1 aromatic carbocycles. The Balaban J connectivity index is 0.000000209. The quantitative estimate of drug-likeness (QED) is 0.687. The first-order valence-corrected chi connectivity index (χ1v) is 9.66. The monoisotopic (exact) mass is 429 g/mol. The van der Waals surface area contributed by atoms with Gasteiger partial charge >= 0.3 is 6.03 Å². The van der Waals surface area contributed by atoms with Gasteiger partial charge in [0, 0.05) is 35.7 Å². The standard InChI is InChI=1S/C11H12BrFN2O.C7H13NO2/c12-8-2-1-7(10(13)5-8)6-14-11(16)15-9-3-4-9;9-6-7(10)8-4-2-1-3-5-8/h1-2,5,9H,3-4,6H2,(H2,14,15,16);9H,1-6H2. The number of hydrogen-bond donors (Lipinski definition) is 3. The number of carbonyl (C=O) groups is 2. The summed E-state index contributed by atoms with van der Waals surface area (Å²) >= 11 is 3.18. The number of benzene rings is 1. The van der Waals surface area contributed by atoms with E-state index in [1.165, 1.54) is 12.5 Å². The first kappa shape index (κ1) is 20.6. The molecule has 0 atom stereocenters. The van der Waals surface area contributed by atoms with Gasteiger partial charge in [0.05, 0.1) is 0 Å². The van der Waals surface area contributed by atoms with E-state index in [4.69, 9.17) is 5.11 Å². The number of nitrogens with zero attached hydrogens (tertiary/aromatic N) is 1. The van der Waals surface area contributed by atoms with Gasteiger partial charge in [0.1, 0.15) is 12.4 Å². The molecule has 1 saturated carbocycles. The molecule has 0 spiro atoms. The van der Waals surface area contributed by atoms with Gasteiger partial charge in [0.2, 0.25) is 5.91 Å². The summed E-state index contributed by atoms with van der Waals surface area (Å²) in [5, 5.41) is 13.9. The molecule has 3 rings (SSSR count). The summed E-state index contributed by atoms with van der Waals surface area (Å²) in [5.41, 5.74) is 0.481. The highest BCUT2D eigenvalue weighted by Gasteiger charge is 2.23. The molecule has 144 valence electrons. The van der Waals surface area contributed by atoms with E-state index in [1.807, 2.05) is 0 Å². The average Bonchev–Trinajstić information content (AvgIpc) is 3.45. The highest BCUT2D eigenvalue weighted by molar-refractivity contribution is 9.10. The lowest BCUT2D eigenvalue weighted by atomic mass is 10.1. The van der Waals surface area contributed by atoms with Crippen molar-refractivity contribution in [3.8, 4) is 0 Å². The maximum Gasteiger partial charge on any atom is 0.315 e. The van der Waals surface area contributed by atoms with Crippen molar-refractivity contribution >= 4 is 27.9 Å². The molecule has 3 N–H and O–H groups in total. The van der Waals surface area contributed by atoms with Crippen LogP contribution < -0.4 is 10.6 Å². The Hall–Kier alpha value is -1.67. The Kier molecular flexibility index (Phi) is 8.31. The van der Waals surface area contributed by atoms with E-state index in [9.17, 15) is 14.0 Å². The average molecular weight is 430 g/mol. The minimum atomic E-state index is -0.333. The van der Waals surface area contributed by atoms with Gasteiger partial charge in [-0.2, -0.15) is 0 Å². The molecule has 3 amide bonds. The number of hydrogen-bond acceptors (Lipinski definition) is 3. The third kappa shape index (κ3) is 7.29. The van der Waals surface area contributed by atoms with Gasteiger partial charge in [-0.3, -0.25) is 4.79 Å². The van der Waals surface area contributed by atoms with Crippen LogP contribution in [0.25, 0.3) is 0 Å². The summed E-state index contributed by atoms with van der Waals surface area (Å²) in [6.07, 6.45) is 5.48. The predicted molar refractivity (Wildman–Crippen MR) is 100 cm³/mol. The van der Waals surface area contributed by atoms with E-state index in [0.29, 0.717) is 16.1 Å². The van der Waals surface area contributed by atoms with Crippen molar-refractivity contribution in [1.29, 1.82) is 0 Å². The first-order valence-electron chi connectivity index (χ1n) is 8.86. The lowest BCUT2D eigenvalue weighted by Crippen LogP contribution is -2.37. The minimum Gasteiger partial charge on any atom is -0.387 e. The van der Waals surface area contributed by atoms with E-state index in [2.05, 4.69) is 26.6 Å². The van der Waals surface area contributed by atoms with Crippen LogP contribution in [0, 0.1) is 5.82 Å². The van der Waals surface area contributed by atoms with E-state index >= 15 is 0 Å². The van der Waals surface area contributed by atoms with Crippen molar-refractivity contribution in [2.75, 3.05) is 19.7 Å². The van der Waals surface area contributed by atoms with Crippen molar-refractivity contribution in [2.45, 2.75) is 44.7 Å². The Bertz CT molecular complexity index is 620. The maximum atomic E-state index is 13.4. The lowest BCUT2D eigenvalue weighted by molar-refractivity contribution is -0.135. The van der Waals surface area contributed by atoms with Crippen molar-refractivity contribution in [3.63, 3.8) is 0 Å². The van der Waals surface area contributed by atoms with Crippen LogP contribution in [0.15, 0.2) is 22.7 Å². The summed E-state index contributed by atoms with van der Waals surface area (Å²) < 4.78 is 14.1. The fraction of sp³-hybridized carbons (Fsp3) is 0.556. The van der Waals surface area contributed by atoms with Gasteiger partial charge < -0.3 is 20.6 Å². The second kappa shape index (κ2) is 10.5. The predicted octanol–water partition coefficient (Wildman–Crippen LogP) is 2.54. The first-order chi connectivity index (χ1) is 12.5.